The Labute approximate surface area is 131 Å². The maximum Gasteiger partial charge on any atom is 0.227 e. The van der Waals surface area contributed by atoms with Gasteiger partial charge in [-0.3, -0.25) is 9.78 Å². The summed E-state index contributed by atoms with van der Waals surface area (Å²) in [7, 11) is 0. The number of hydrogen-bond donors (Lipinski definition) is 0. The Kier molecular flexibility index (Phi) is 4.12. The third-order valence-corrected chi connectivity index (χ3v) is 4.41. The summed E-state index contributed by atoms with van der Waals surface area (Å²) in [6.45, 7) is 8.07. The van der Waals surface area contributed by atoms with E-state index in [2.05, 4.69) is 18.0 Å². The van der Waals surface area contributed by atoms with Gasteiger partial charge in [-0.1, -0.05) is 18.2 Å². The Morgan fingerprint density at radius 2 is 2.14 bits per heavy atom. The van der Waals surface area contributed by atoms with Gasteiger partial charge in [0.25, 0.3) is 0 Å². The van der Waals surface area contributed by atoms with Crippen molar-refractivity contribution in [3.05, 3.63) is 41.1 Å². The fourth-order valence-electron chi connectivity index (χ4n) is 3.14. The zero-order chi connectivity index (χ0) is 15.7. The molecule has 2 aromatic rings. The molecule has 1 saturated heterocycles. The molecule has 1 aliphatic heterocycles. The van der Waals surface area contributed by atoms with Crippen LogP contribution in [0.5, 0.6) is 0 Å². The average molecular weight is 298 g/mol. The van der Waals surface area contributed by atoms with Crippen LogP contribution in [-0.2, 0) is 16.0 Å². The quantitative estimate of drug-likeness (QED) is 0.856. The summed E-state index contributed by atoms with van der Waals surface area (Å²) in [6, 6.07) is 8.10. The second-order valence-electron chi connectivity index (χ2n) is 6.02. The smallest absolute Gasteiger partial charge is 0.227 e. The first-order valence-corrected chi connectivity index (χ1v) is 7.80. The first-order valence-electron chi connectivity index (χ1n) is 7.80. The third-order valence-electron chi connectivity index (χ3n) is 4.41. The summed E-state index contributed by atoms with van der Waals surface area (Å²) in [5.41, 5.74) is 4.17. The number of amides is 1. The van der Waals surface area contributed by atoms with Crippen LogP contribution >= 0.6 is 0 Å². The maximum atomic E-state index is 12.6. The van der Waals surface area contributed by atoms with E-state index >= 15 is 0 Å². The Morgan fingerprint density at radius 3 is 2.91 bits per heavy atom. The number of carbonyl (C=O) groups is 1. The van der Waals surface area contributed by atoms with Gasteiger partial charge < -0.3 is 9.64 Å². The number of ether oxygens (including phenoxy) is 1. The molecule has 0 N–H and O–H groups in total. The standard InChI is InChI=1S/C18H22N2O2/c1-12-11-20(8-9-22-12)18(21)10-16-13(2)15-6-4-5-7-17(15)19-14(16)3/h4-7,12H,8-11H2,1-3H3. The van der Waals surface area contributed by atoms with E-state index in [9.17, 15) is 4.79 Å². The largest absolute Gasteiger partial charge is 0.375 e. The Balaban J connectivity index is 1.88. The highest BCUT2D eigenvalue weighted by molar-refractivity contribution is 5.86. The van der Waals surface area contributed by atoms with Crippen molar-refractivity contribution in [1.82, 2.24) is 9.88 Å². The molecule has 4 nitrogen and oxygen atoms in total. The predicted octanol–water partition coefficient (Wildman–Crippen LogP) is 2.64. The minimum absolute atomic E-state index is 0.120. The van der Waals surface area contributed by atoms with Crippen LogP contribution in [0.3, 0.4) is 0 Å². The second-order valence-corrected chi connectivity index (χ2v) is 6.02. The van der Waals surface area contributed by atoms with Gasteiger partial charge in [-0.2, -0.15) is 0 Å². The van der Waals surface area contributed by atoms with Crippen LogP contribution in [0.1, 0.15) is 23.7 Å². The third kappa shape index (κ3) is 2.83. The van der Waals surface area contributed by atoms with Gasteiger partial charge in [0.05, 0.1) is 24.6 Å². The van der Waals surface area contributed by atoms with Crippen LogP contribution in [-0.4, -0.2) is 41.6 Å². The minimum atomic E-state index is 0.120. The van der Waals surface area contributed by atoms with E-state index in [4.69, 9.17) is 4.74 Å². The lowest BCUT2D eigenvalue weighted by Crippen LogP contribution is -2.45. The minimum Gasteiger partial charge on any atom is -0.375 e. The van der Waals surface area contributed by atoms with Gasteiger partial charge in [0.1, 0.15) is 0 Å². The highest BCUT2D eigenvalue weighted by Gasteiger charge is 2.23. The Morgan fingerprint density at radius 1 is 1.36 bits per heavy atom. The SMILES string of the molecule is Cc1nc2ccccc2c(C)c1CC(=O)N1CCOC(C)C1. The van der Waals surface area contributed by atoms with Crippen molar-refractivity contribution >= 4 is 16.8 Å². The van der Waals surface area contributed by atoms with E-state index in [1.54, 1.807) is 0 Å². The lowest BCUT2D eigenvalue weighted by molar-refractivity contribution is -0.137. The van der Waals surface area contributed by atoms with E-state index in [-0.39, 0.29) is 12.0 Å². The van der Waals surface area contributed by atoms with Crippen LogP contribution < -0.4 is 0 Å². The van der Waals surface area contributed by atoms with Crippen molar-refractivity contribution in [2.75, 3.05) is 19.7 Å². The molecule has 1 fully saturated rings. The number of morpholine rings is 1. The normalized spacial score (nSPS) is 18.7. The van der Waals surface area contributed by atoms with Crippen molar-refractivity contribution in [2.24, 2.45) is 0 Å². The molecule has 1 atom stereocenters. The molecular weight excluding hydrogens is 276 g/mol. The van der Waals surface area contributed by atoms with Gasteiger partial charge >= 0.3 is 0 Å². The highest BCUT2D eigenvalue weighted by atomic mass is 16.5. The zero-order valence-corrected chi connectivity index (χ0v) is 13.4. The monoisotopic (exact) mass is 298 g/mol. The maximum absolute atomic E-state index is 12.6. The van der Waals surface area contributed by atoms with Crippen molar-refractivity contribution in [3.8, 4) is 0 Å². The number of aryl methyl sites for hydroxylation is 2. The first kappa shape index (κ1) is 15.0. The van der Waals surface area contributed by atoms with Gasteiger partial charge in [-0.05, 0) is 38.0 Å². The van der Waals surface area contributed by atoms with Gasteiger partial charge in [0, 0.05) is 24.2 Å². The molecule has 0 aliphatic carbocycles. The Hall–Kier alpha value is -1.94. The molecule has 22 heavy (non-hydrogen) atoms. The lowest BCUT2D eigenvalue weighted by Gasteiger charge is -2.31. The molecule has 116 valence electrons. The molecule has 1 aromatic carbocycles. The van der Waals surface area contributed by atoms with Gasteiger partial charge in [-0.25, -0.2) is 0 Å². The molecule has 1 aliphatic rings. The van der Waals surface area contributed by atoms with Crippen molar-refractivity contribution in [2.45, 2.75) is 33.3 Å². The molecule has 0 radical (unpaired) electrons. The fourth-order valence-corrected chi connectivity index (χ4v) is 3.14. The molecule has 2 heterocycles. The zero-order valence-electron chi connectivity index (χ0n) is 13.4. The van der Waals surface area contributed by atoms with Crippen LogP contribution in [0.2, 0.25) is 0 Å². The van der Waals surface area contributed by atoms with E-state index in [1.165, 1.54) is 0 Å². The fraction of sp³-hybridized carbons (Fsp3) is 0.444. The van der Waals surface area contributed by atoms with Crippen LogP contribution in [0.4, 0.5) is 0 Å². The Bertz CT molecular complexity index is 712. The van der Waals surface area contributed by atoms with Crippen molar-refractivity contribution in [1.29, 1.82) is 0 Å². The van der Waals surface area contributed by atoms with Crippen LogP contribution in [0, 0.1) is 13.8 Å². The van der Waals surface area contributed by atoms with E-state index in [0.29, 0.717) is 26.1 Å². The van der Waals surface area contributed by atoms with Gasteiger partial charge in [-0.15, -0.1) is 0 Å². The number of rotatable bonds is 2. The molecule has 0 bridgehead atoms. The number of nitrogens with zero attached hydrogens (tertiary/aromatic N) is 2. The number of pyridine rings is 1. The van der Waals surface area contributed by atoms with E-state index in [0.717, 1.165) is 27.7 Å². The van der Waals surface area contributed by atoms with Crippen LogP contribution in [0.15, 0.2) is 24.3 Å². The summed E-state index contributed by atoms with van der Waals surface area (Å²) in [4.78, 5) is 19.2. The van der Waals surface area contributed by atoms with E-state index < -0.39 is 0 Å². The summed E-state index contributed by atoms with van der Waals surface area (Å²) in [6.07, 6.45) is 0.539. The summed E-state index contributed by atoms with van der Waals surface area (Å²) >= 11 is 0. The number of benzene rings is 1. The molecule has 1 aromatic heterocycles. The molecule has 1 unspecified atom stereocenters. The van der Waals surface area contributed by atoms with Crippen molar-refractivity contribution < 1.29 is 9.53 Å². The number of hydrogen-bond acceptors (Lipinski definition) is 3. The first-order chi connectivity index (χ1) is 10.6. The molecule has 1 amide bonds. The number of carbonyl (C=O) groups excluding carboxylic acids is 1. The van der Waals surface area contributed by atoms with Crippen LogP contribution in [0.25, 0.3) is 10.9 Å². The molecular formula is C18H22N2O2. The topological polar surface area (TPSA) is 42.4 Å². The summed E-state index contributed by atoms with van der Waals surface area (Å²) in [5.74, 6) is 0.165. The second kappa shape index (κ2) is 6.05. The van der Waals surface area contributed by atoms with Gasteiger partial charge in [0.15, 0.2) is 0 Å². The molecule has 3 rings (SSSR count). The number of fused-ring (bicyclic) bond motifs is 1. The van der Waals surface area contributed by atoms with E-state index in [1.807, 2.05) is 36.9 Å². The average Bonchev–Trinajstić information content (AvgIpc) is 2.51. The van der Waals surface area contributed by atoms with Crippen molar-refractivity contribution in [3.63, 3.8) is 0 Å². The molecule has 4 heteroatoms. The highest BCUT2D eigenvalue weighted by Crippen LogP contribution is 2.23. The number of aromatic nitrogens is 1. The predicted molar refractivity (Wildman–Crippen MR) is 86.9 cm³/mol. The number of para-hydroxylation sites is 1. The lowest BCUT2D eigenvalue weighted by atomic mass is 9.99. The molecule has 0 spiro atoms. The molecule has 0 saturated carbocycles. The van der Waals surface area contributed by atoms with Gasteiger partial charge in [0.2, 0.25) is 5.91 Å². The summed E-state index contributed by atoms with van der Waals surface area (Å²) < 4.78 is 5.51. The summed E-state index contributed by atoms with van der Waals surface area (Å²) in [5, 5.41) is 1.13.